The van der Waals surface area contributed by atoms with Crippen molar-refractivity contribution in [3.63, 3.8) is 0 Å². The van der Waals surface area contributed by atoms with E-state index < -0.39 is 10.0 Å². The molecular formula is C26H37N3O3S. The second-order valence-corrected chi connectivity index (χ2v) is 12.5. The number of nitrogens with one attached hydrogen (secondary N) is 1. The summed E-state index contributed by atoms with van der Waals surface area (Å²) in [6.45, 7) is 8.96. The molecule has 0 aliphatic heterocycles. The zero-order chi connectivity index (χ0) is 24.0. The van der Waals surface area contributed by atoms with Crippen molar-refractivity contribution >= 4 is 15.9 Å². The first kappa shape index (κ1) is 24.0. The van der Waals surface area contributed by atoms with Crippen LogP contribution in [0.25, 0.3) is 11.3 Å². The zero-order valence-electron chi connectivity index (χ0n) is 20.3. The second kappa shape index (κ2) is 8.91. The summed E-state index contributed by atoms with van der Waals surface area (Å²) in [6, 6.07) is 7.91. The van der Waals surface area contributed by atoms with Gasteiger partial charge in [0.1, 0.15) is 4.90 Å². The highest BCUT2D eigenvalue weighted by Gasteiger charge is 2.27. The Hall–Kier alpha value is -2.12. The lowest BCUT2D eigenvalue weighted by Crippen LogP contribution is -2.26. The Kier molecular flexibility index (Phi) is 6.49. The van der Waals surface area contributed by atoms with Crippen LogP contribution in [0.4, 0.5) is 0 Å². The van der Waals surface area contributed by atoms with E-state index in [1.165, 1.54) is 19.3 Å². The first-order valence-electron chi connectivity index (χ1n) is 12.1. The number of amides is 1. The van der Waals surface area contributed by atoms with Crippen molar-refractivity contribution in [2.75, 3.05) is 0 Å². The lowest BCUT2D eigenvalue weighted by Gasteiger charge is -2.25. The van der Waals surface area contributed by atoms with Crippen LogP contribution in [0.15, 0.2) is 29.2 Å². The smallest absolute Gasteiger partial charge is 0.251 e. The van der Waals surface area contributed by atoms with E-state index >= 15 is 0 Å². The summed E-state index contributed by atoms with van der Waals surface area (Å²) < 4.78 is 26.9. The lowest BCUT2D eigenvalue weighted by molar-refractivity contribution is 0.0951. The number of hydrogen-bond acceptors (Lipinski definition) is 3. The monoisotopic (exact) mass is 471 g/mol. The molecule has 2 aliphatic carbocycles. The van der Waals surface area contributed by atoms with E-state index in [0.717, 1.165) is 49.0 Å². The van der Waals surface area contributed by atoms with Gasteiger partial charge in [-0.25, -0.2) is 13.6 Å². The molecule has 0 atom stereocenters. The van der Waals surface area contributed by atoms with Crippen molar-refractivity contribution in [1.29, 1.82) is 0 Å². The van der Waals surface area contributed by atoms with E-state index in [2.05, 4.69) is 36.7 Å². The van der Waals surface area contributed by atoms with Crippen molar-refractivity contribution < 1.29 is 13.2 Å². The van der Waals surface area contributed by atoms with Gasteiger partial charge in [-0.15, -0.1) is 0 Å². The molecule has 6 nitrogen and oxygen atoms in total. The van der Waals surface area contributed by atoms with E-state index in [0.29, 0.717) is 17.2 Å². The summed E-state index contributed by atoms with van der Waals surface area (Å²) in [4.78, 5) is 13.1. The number of rotatable bonds is 6. The fourth-order valence-corrected chi connectivity index (χ4v) is 5.64. The van der Waals surface area contributed by atoms with Gasteiger partial charge in [0.2, 0.25) is 10.0 Å². The largest absolute Gasteiger partial charge is 0.349 e. The van der Waals surface area contributed by atoms with Gasteiger partial charge in [0, 0.05) is 29.5 Å². The molecule has 0 unspecified atom stereocenters. The van der Waals surface area contributed by atoms with E-state index in [9.17, 15) is 13.2 Å². The van der Waals surface area contributed by atoms with Gasteiger partial charge < -0.3 is 9.88 Å². The lowest BCUT2D eigenvalue weighted by atomic mass is 9.84. The van der Waals surface area contributed by atoms with Gasteiger partial charge in [0.15, 0.2) is 0 Å². The third-order valence-corrected chi connectivity index (χ3v) is 8.09. The molecule has 0 bridgehead atoms. The van der Waals surface area contributed by atoms with E-state index in [4.69, 9.17) is 5.14 Å². The molecule has 0 saturated heterocycles. The number of carbonyl (C=O) groups excluding carboxylic acids is 1. The minimum absolute atomic E-state index is 0.0707. The quantitative estimate of drug-likeness (QED) is 0.629. The van der Waals surface area contributed by atoms with Gasteiger partial charge in [0.05, 0.1) is 0 Å². The minimum Gasteiger partial charge on any atom is -0.349 e. The zero-order valence-corrected chi connectivity index (χ0v) is 21.1. The number of benzene rings is 1. The van der Waals surface area contributed by atoms with Gasteiger partial charge in [-0.2, -0.15) is 0 Å². The van der Waals surface area contributed by atoms with Crippen LogP contribution in [-0.2, 0) is 22.0 Å². The van der Waals surface area contributed by atoms with Gasteiger partial charge in [0.25, 0.3) is 5.91 Å². The Balaban J connectivity index is 1.84. The van der Waals surface area contributed by atoms with Crippen molar-refractivity contribution in [2.24, 2.45) is 11.1 Å². The molecule has 4 rings (SSSR count). The summed E-state index contributed by atoms with van der Waals surface area (Å²) in [5.74, 6) is 0.444. The molecule has 1 aromatic carbocycles. The highest BCUT2D eigenvalue weighted by atomic mass is 32.2. The van der Waals surface area contributed by atoms with Crippen LogP contribution in [0.1, 0.15) is 87.3 Å². The predicted octanol–water partition coefficient (Wildman–Crippen LogP) is 4.88. The molecule has 1 aromatic heterocycles. The van der Waals surface area contributed by atoms with Crippen LogP contribution in [0.5, 0.6) is 0 Å². The van der Waals surface area contributed by atoms with Crippen LogP contribution in [-0.4, -0.2) is 24.9 Å². The second-order valence-electron chi connectivity index (χ2n) is 10.9. The van der Waals surface area contributed by atoms with Crippen LogP contribution in [0.2, 0.25) is 0 Å². The summed E-state index contributed by atoms with van der Waals surface area (Å²) in [5, 5.41) is 8.67. The maximum Gasteiger partial charge on any atom is 0.251 e. The molecule has 7 heteroatoms. The van der Waals surface area contributed by atoms with E-state index in [-0.39, 0.29) is 22.3 Å². The maximum absolute atomic E-state index is 13.0. The van der Waals surface area contributed by atoms with Gasteiger partial charge >= 0.3 is 0 Å². The highest BCUT2D eigenvalue weighted by Crippen LogP contribution is 2.35. The fraction of sp³-hybridized carbons (Fsp3) is 0.577. The summed E-state index contributed by atoms with van der Waals surface area (Å²) in [6.07, 6.45) is 8.05. The van der Waals surface area contributed by atoms with E-state index in [1.54, 1.807) is 6.07 Å². The number of aromatic nitrogens is 1. The maximum atomic E-state index is 13.0. The molecule has 0 spiro atoms. The van der Waals surface area contributed by atoms with Crippen LogP contribution in [0, 0.1) is 12.8 Å². The predicted molar refractivity (Wildman–Crippen MR) is 132 cm³/mol. The normalized spacial score (nSPS) is 17.8. The molecule has 2 saturated carbocycles. The Morgan fingerprint density at radius 3 is 2.30 bits per heavy atom. The molecule has 1 heterocycles. The van der Waals surface area contributed by atoms with E-state index in [1.807, 2.05) is 19.1 Å². The Bertz CT molecular complexity index is 1150. The highest BCUT2D eigenvalue weighted by molar-refractivity contribution is 7.89. The molecule has 2 aliphatic rings. The first-order chi connectivity index (χ1) is 15.4. The number of primary sulfonamides is 1. The summed E-state index contributed by atoms with van der Waals surface area (Å²) in [5.41, 5.74) is 3.84. The third-order valence-electron chi connectivity index (χ3n) is 7.06. The molecular weight excluding hydrogens is 434 g/mol. The number of nitrogens with zero attached hydrogens (tertiary/aromatic N) is 1. The van der Waals surface area contributed by atoms with Gasteiger partial charge in [-0.1, -0.05) is 40.0 Å². The topological polar surface area (TPSA) is 94.2 Å². The van der Waals surface area contributed by atoms with Gasteiger partial charge in [-0.05, 0) is 79.3 Å². The Morgan fingerprint density at radius 2 is 1.73 bits per heavy atom. The van der Waals surface area contributed by atoms with Crippen LogP contribution < -0.4 is 10.5 Å². The van der Waals surface area contributed by atoms with Gasteiger partial charge in [-0.3, -0.25) is 4.79 Å². The molecule has 33 heavy (non-hydrogen) atoms. The number of carbonyl (C=O) groups is 1. The third kappa shape index (κ3) is 5.52. The Morgan fingerprint density at radius 1 is 1.06 bits per heavy atom. The number of hydrogen-bond donors (Lipinski definition) is 2. The van der Waals surface area contributed by atoms with Crippen LogP contribution >= 0.6 is 0 Å². The molecule has 180 valence electrons. The molecule has 1 amide bonds. The van der Waals surface area contributed by atoms with Crippen molar-refractivity contribution in [3.8, 4) is 11.3 Å². The number of sulfonamides is 1. The molecule has 2 aromatic rings. The van der Waals surface area contributed by atoms with Crippen LogP contribution in [0.3, 0.4) is 0 Å². The minimum atomic E-state index is -3.86. The first-order valence-corrected chi connectivity index (χ1v) is 13.7. The fourth-order valence-electron chi connectivity index (χ4n) is 4.85. The summed E-state index contributed by atoms with van der Waals surface area (Å²) >= 11 is 0. The SMILES string of the molecule is Cc1c(S(N)(=O)=O)cc(-c2cc(C(=O)NC3CC3)cc(C(C)(C)C)c2)n1CC1CCCCC1. The summed E-state index contributed by atoms with van der Waals surface area (Å²) in [7, 11) is -3.86. The molecule has 0 radical (unpaired) electrons. The Labute approximate surface area is 198 Å². The average molecular weight is 472 g/mol. The van der Waals surface area contributed by atoms with Crippen molar-refractivity contribution in [3.05, 3.63) is 41.1 Å². The average Bonchev–Trinajstić information content (AvgIpc) is 3.49. The van der Waals surface area contributed by atoms with Crippen molar-refractivity contribution in [2.45, 2.75) is 95.5 Å². The standard InChI is InChI=1S/C26H37N3O3S/c1-17-24(33(27,31)32)15-23(29(17)16-18-8-6-5-7-9-18)19-12-20(25(30)28-22-10-11-22)14-21(13-19)26(2,3)4/h12-15,18,22H,5-11,16H2,1-4H3,(H,28,30)(H2,27,31,32). The molecule has 2 fully saturated rings. The molecule has 3 N–H and O–H groups in total. The number of nitrogens with two attached hydrogens (primary N) is 1. The van der Waals surface area contributed by atoms with Crippen molar-refractivity contribution in [1.82, 2.24) is 9.88 Å².